The number of nitrogens with zero attached hydrogens (tertiary/aromatic N) is 4. The predicted molar refractivity (Wildman–Crippen MR) is 112 cm³/mol. The molecule has 2 aromatic heterocycles. The van der Waals surface area contributed by atoms with Crippen molar-refractivity contribution in [3.8, 4) is 5.69 Å². The molecule has 146 valence electrons. The Morgan fingerprint density at radius 2 is 1.86 bits per heavy atom. The maximum absolute atomic E-state index is 12.8. The highest BCUT2D eigenvalue weighted by atomic mass is 16.2. The molecule has 7 heteroatoms. The topological polar surface area (TPSA) is 81.8 Å². The van der Waals surface area contributed by atoms with Gasteiger partial charge in [0.2, 0.25) is 5.91 Å². The number of anilines is 1. The van der Waals surface area contributed by atoms with Crippen LogP contribution in [0.2, 0.25) is 0 Å². The highest BCUT2D eigenvalue weighted by molar-refractivity contribution is 5.90. The van der Waals surface area contributed by atoms with E-state index in [1.807, 2.05) is 62.4 Å². The quantitative estimate of drug-likeness (QED) is 0.570. The Bertz CT molecular complexity index is 1240. The van der Waals surface area contributed by atoms with E-state index in [0.717, 1.165) is 22.5 Å². The second-order valence-corrected chi connectivity index (χ2v) is 7.04. The van der Waals surface area contributed by atoms with Gasteiger partial charge in [-0.1, -0.05) is 29.8 Å². The van der Waals surface area contributed by atoms with Gasteiger partial charge in [0.1, 0.15) is 5.39 Å². The molecule has 4 rings (SSSR count). The first-order valence-electron chi connectivity index (χ1n) is 9.38. The Balaban J connectivity index is 1.51. The molecule has 0 unspecified atom stereocenters. The van der Waals surface area contributed by atoms with Gasteiger partial charge in [0, 0.05) is 18.7 Å². The third-order valence-corrected chi connectivity index (χ3v) is 4.71. The maximum atomic E-state index is 12.8. The second-order valence-electron chi connectivity index (χ2n) is 7.04. The molecule has 2 aromatic carbocycles. The standard InChI is InChI=1S/C22H21N5O2/c1-15-6-8-18(9-7-15)27-21-19(13-24-27)22(29)26(14-23-21)11-10-20(28)25-17-5-3-4-16(2)12-17/h3-9,12-14H,10-11H2,1-2H3,(H,25,28). The van der Waals surface area contributed by atoms with Crippen molar-refractivity contribution in [3.05, 3.63) is 82.5 Å². The summed E-state index contributed by atoms with van der Waals surface area (Å²) in [6.07, 6.45) is 3.16. The first-order chi connectivity index (χ1) is 14.0. The van der Waals surface area contributed by atoms with Gasteiger partial charge in [0.05, 0.1) is 18.2 Å². The van der Waals surface area contributed by atoms with Gasteiger partial charge in [0.25, 0.3) is 5.56 Å². The fourth-order valence-corrected chi connectivity index (χ4v) is 3.15. The molecule has 1 N–H and O–H groups in total. The van der Waals surface area contributed by atoms with Crippen LogP contribution in [0.4, 0.5) is 5.69 Å². The van der Waals surface area contributed by atoms with Gasteiger partial charge in [-0.15, -0.1) is 0 Å². The van der Waals surface area contributed by atoms with Crippen molar-refractivity contribution in [2.75, 3.05) is 5.32 Å². The van der Waals surface area contributed by atoms with E-state index >= 15 is 0 Å². The molecule has 2 heterocycles. The minimum absolute atomic E-state index is 0.155. The van der Waals surface area contributed by atoms with Crippen LogP contribution in [-0.2, 0) is 11.3 Å². The molecule has 7 nitrogen and oxygen atoms in total. The summed E-state index contributed by atoms with van der Waals surface area (Å²) in [6.45, 7) is 4.22. The smallest absolute Gasteiger partial charge is 0.264 e. The van der Waals surface area contributed by atoms with Crippen LogP contribution in [0.1, 0.15) is 17.5 Å². The van der Waals surface area contributed by atoms with Crippen LogP contribution in [0.3, 0.4) is 0 Å². The van der Waals surface area contributed by atoms with Crippen molar-refractivity contribution in [2.45, 2.75) is 26.8 Å². The lowest BCUT2D eigenvalue weighted by molar-refractivity contribution is -0.116. The summed E-state index contributed by atoms with van der Waals surface area (Å²) >= 11 is 0. The van der Waals surface area contributed by atoms with E-state index in [9.17, 15) is 9.59 Å². The van der Waals surface area contributed by atoms with Crippen LogP contribution >= 0.6 is 0 Å². The summed E-state index contributed by atoms with van der Waals surface area (Å²) in [7, 11) is 0. The minimum Gasteiger partial charge on any atom is -0.326 e. The van der Waals surface area contributed by atoms with Crippen LogP contribution < -0.4 is 10.9 Å². The number of benzene rings is 2. The van der Waals surface area contributed by atoms with E-state index in [1.165, 1.54) is 17.1 Å². The molecule has 0 aliphatic heterocycles. The summed E-state index contributed by atoms with van der Waals surface area (Å²) in [5.74, 6) is -0.155. The number of aryl methyl sites for hydroxylation is 3. The van der Waals surface area contributed by atoms with Crippen LogP contribution in [-0.4, -0.2) is 25.2 Å². The number of hydrogen-bond acceptors (Lipinski definition) is 4. The highest BCUT2D eigenvalue weighted by Gasteiger charge is 2.12. The highest BCUT2D eigenvalue weighted by Crippen LogP contribution is 2.14. The summed E-state index contributed by atoms with van der Waals surface area (Å²) in [5.41, 5.74) is 4.09. The average Bonchev–Trinajstić information content (AvgIpc) is 3.13. The van der Waals surface area contributed by atoms with Crippen molar-refractivity contribution in [3.63, 3.8) is 0 Å². The third kappa shape index (κ3) is 3.94. The molecule has 0 saturated carbocycles. The normalized spacial score (nSPS) is 11.0. The lowest BCUT2D eigenvalue weighted by Crippen LogP contribution is -2.23. The molecule has 0 radical (unpaired) electrons. The van der Waals surface area contributed by atoms with E-state index in [4.69, 9.17) is 0 Å². The molecule has 0 saturated heterocycles. The third-order valence-electron chi connectivity index (χ3n) is 4.71. The Morgan fingerprint density at radius 3 is 2.62 bits per heavy atom. The van der Waals surface area contributed by atoms with E-state index in [2.05, 4.69) is 15.4 Å². The van der Waals surface area contributed by atoms with Gasteiger partial charge >= 0.3 is 0 Å². The Morgan fingerprint density at radius 1 is 1.07 bits per heavy atom. The van der Waals surface area contributed by atoms with Gasteiger partial charge in [-0.05, 0) is 43.7 Å². The zero-order valence-electron chi connectivity index (χ0n) is 16.3. The maximum Gasteiger partial charge on any atom is 0.264 e. The number of carbonyl (C=O) groups is 1. The molecular formula is C22H21N5O2. The van der Waals surface area contributed by atoms with Gasteiger partial charge in [-0.25, -0.2) is 9.67 Å². The van der Waals surface area contributed by atoms with Gasteiger partial charge < -0.3 is 5.32 Å². The molecular weight excluding hydrogens is 366 g/mol. The SMILES string of the molecule is Cc1ccc(-n2ncc3c(=O)n(CCC(=O)Nc4cccc(C)c4)cnc32)cc1. The van der Waals surface area contributed by atoms with Gasteiger partial charge in [-0.2, -0.15) is 5.10 Å². The fourth-order valence-electron chi connectivity index (χ4n) is 3.15. The first kappa shape index (κ1) is 18.6. The largest absolute Gasteiger partial charge is 0.326 e. The van der Waals surface area contributed by atoms with Crippen molar-refractivity contribution in [1.29, 1.82) is 0 Å². The Hall–Kier alpha value is -3.74. The fraction of sp³-hybridized carbons (Fsp3) is 0.182. The number of aromatic nitrogens is 4. The molecule has 0 bridgehead atoms. The van der Waals surface area contributed by atoms with Crippen LogP contribution in [0.15, 0.2) is 65.8 Å². The number of hydrogen-bond donors (Lipinski definition) is 1. The number of carbonyl (C=O) groups excluding carboxylic acids is 1. The van der Waals surface area contributed by atoms with E-state index in [0.29, 0.717) is 11.0 Å². The van der Waals surface area contributed by atoms with Crippen molar-refractivity contribution >= 4 is 22.6 Å². The monoisotopic (exact) mass is 387 g/mol. The number of rotatable bonds is 5. The van der Waals surface area contributed by atoms with E-state index in [-0.39, 0.29) is 24.4 Å². The number of amides is 1. The summed E-state index contributed by atoms with van der Waals surface area (Å²) < 4.78 is 3.09. The lowest BCUT2D eigenvalue weighted by Gasteiger charge is -2.08. The summed E-state index contributed by atoms with van der Waals surface area (Å²) in [4.78, 5) is 29.4. The summed E-state index contributed by atoms with van der Waals surface area (Å²) in [5, 5.41) is 7.59. The Kier molecular flexibility index (Phi) is 4.95. The second kappa shape index (κ2) is 7.71. The van der Waals surface area contributed by atoms with Crippen LogP contribution in [0.25, 0.3) is 16.7 Å². The van der Waals surface area contributed by atoms with Gasteiger partial charge in [0.15, 0.2) is 5.65 Å². The number of nitrogens with one attached hydrogen (secondary N) is 1. The minimum atomic E-state index is -0.211. The lowest BCUT2D eigenvalue weighted by atomic mass is 10.2. The van der Waals surface area contributed by atoms with Crippen LogP contribution in [0.5, 0.6) is 0 Å². The molecule has 0 aliphatic rings. The van der Waals surface area contributed by atoms with Gasteiger partial charge in [-0.3, -0.25) is 14.2 Å². The number of fused-ring (bicyclic) bond motifs is 1. The van der Waals surface area contributed by atoms with E-state index in [1.54, 1.807) is 4.68 Å². The summed E-state index contributed by atoms with van der Waals surface area (Å²) in [6, 6.07) is 15.4. The molecule has 0 aliphatic carbocycles. The average molecular weight is 387 g/mol. The first-order valence-corrected chi connectivity index (χ1v) is 9.38. The molecule has 1 amide bonds. The molecule has 0 fully saturated rings. The Labute approximate surface area is 167 Å². The molecule has 4 aromatic rings. The molecule has 0 spiro atoms. The van der Waals surface area contributed by atoms with Crippen LogP contribution in [0, 0.1) is 13.8 Å². The van der Waals surface area contributed by atoms with Crippen molar-refractivity contribution < 1.29 is 4.79 Å². The van der Waals surface area contributed by atoms with E-state index < -0.39 is 0 Å². The molecule has 29 heavy (non-hydrogen) atoms. The zero-order valence-corrected chi connectivity index (χ0v) is 16.3. The molecule has 0 atom stereocenters. The van der Waals surface area contributed by atoms with Crippen molar-refractivity contribution in [2.24, 2.45) is 0 Å². The zero-order chi connectivity index (χ0) is 20.4. The van der Waals surface area contributed by atoms with Crippen molar-refractivity contribution in [1.82, 2.24) is 19.3 Å². The predicted octanol–water partition coefficient (Wildman–Crippen LogP) is 3.23.